The Hall–Kier alpha value is -1.44. The number of carbonyl (C=O) groups is 1. The van der Waals surface area contributed by atoms with Crippen LogP contribution >= 0.6 is 0 Å². The molecule has 2 atom stereocenters. The number of esters is 1. The van der Waals surface area contributed by atoms with Crippen molar-refractivity contribution in [3.63, 3.8) is 0 Å². The molecule has 0 unspecified atom stereocenters. The molecule has 0 fully saturated rings. The fraction of sp³-hybridized carbons (Fsp3) is 0.632. The van der Waals surface area contributed by atoms with Crippen LogP contribution < -0.4 is 4.72 Å². The van der Waals surface area contributed by atoms with Gasteiger partial charge in [0.2, 0.25) is 10.0 Å². The Morgan fingerprint density at radius 3 is 2.00 bits per heavy atom. The van der Waals surface area contributed by atoms with E-state index in [0.717, 1.165) is 5.56 Å². The van der Waals surface area contributed by atoms with E-state index in [2.05, 4.69) is 4.72 Å². The van der Waals surface area contributed by atoms with Gasteiger partial charge in [-0.2, -0.15) is 0 Å². The fourth-order valence-corrected chi connectivity index (χ4v) is 5.07. The van der Waals surface area contributed by atoms with Gasteiger partial charge in [0.25, 0.3) is 0 Å². The highest BCUT2D eigenvalue weighted by atomic mass is 32.2. The maximum Gasteiger partial charge on any atom is 0.313 e. The first kappa shape index (κ1) is 22.6. The smallest absolute Gasteiger partial charge is 0.313 e. The minimum absolute atomic E-state index is 0.205. The van der Waals surface area contributed by atoms with E-state index in [0.29, 0.717) is 11.1 Å². The van der Waals surface area contributed by atoms with Crippen molar-refractivity contribution in [2.75, 3.05) is 7.11 Å². The third-order valence-electron chi connectivity index (χ3n) is 4.67. The van der Waals surface area contributed by atoms with Crippen molar-refractivity contribution in [3.8, 4) is 0 Å². The van der Waals surface area contributed by atoms with Crippen LogP contribution in [0.3, 0.4) is 0 Å². The molecule has 148 valence electrons. The lowest BCUT2D eigenvalue weighted by atomic mass is 9.79. The lowest BCUT2D eigenvalue weighted by Gasteiger charge is -2.36. The number of aliphatic hydroxyl groups is 1. The molecule has 0 bridgehead atoms. The number of benzene rings is 1. The maximum atomic E-state index is 13.0. The minimum Gasteiger partial charge on any atom is -0.469 e. The summed E-state index contributed by atoms with van der Waals surface area (Å²) < 4.78 is 33.4. The van der Waals surface area contributed by atoms with Crippen molar-refractivity contribution in [3.05, 3.63) is 28.8 Å². The zero-order valence-corrected chi connectivity index (χ0v) is 17.7. The van der Waals surface area contributed by atoms with Crippen LogP contribution in [0.1, 0.15) is 44.4 Å². The number of hydrogen-bond donors (Lipinski definition) is 2. The summed E-state index contributed by atoms with van der Waals surface area (Å²) in [6.45, 7) is 12.0. The molecule has 1 aromatic rings. The average molecular weight is 386 g/mol. The quantitative estimate of drug-likeness (QED) is 0.704. The molecule has 7 heteroatoms. The zero-order valence-electron chi connectivity index (χ0n) is 16.9. The van der Waals surface area contributed by atoms with Gasteiger partial charge in [-0.1, -0.05) is 31.5 Å². The third-order valence-corrected chi connectivity index (χ3v) is 6.44. The second kappa shape index (κ2) is 8.06. The molecule has 0 saturated heterocycles. The molecule has 0 aliphatic carbocycles. The Morgan fingerprint density at radius 1 is 1.15 bits per heavy atom. The number of nitrogens with one attached hydrogen (secondary N) is 1. The molecular formula is C19H31NO5S. The number of carbonyl (C=O) groups excluding carboxylic acids is 1. The standard InChI is InChI=1S/C19H31NO5S/c1-11(2)15(17(21)19(6,7)18(22)25-8)20-26(23,24)16-13(4)9-12(3)10-14(16)5/h9-11,15,17,20-21H,1-8H3/t15-,17+/m0/s1. The molecule has 0 saturated carbocycles. The molecule has 1 aromatic carbocycles. The summed E-state index contributed by atoms with van der Waals surface area (Å²) in [5.41, 5.74) is 0.994. The summed E-state index contributed by atoms with van der Waals surface area (Å²) in [7, 11) is -2.64. The number of sulfonamides is 1. The molecule has 0 aliphatic rings. The van der Waals surface area contributed by atoms with E-state index in [4.69, 9.17) is 4.74 Å². The Morgan fingerprint density at radius 2 is 1.62 bits per heavy atom. The predicted octanol–water partition coefficient (Wildman–Crippen LogP) is 2.47. The van der Waals surface area contributed by atoms with Crippen LogP contribution in [0.4, 0.5) is 0 Å². The Kier molecular flexibility index (Phi) is 7.01. The van der Waals surface area contributed by atoms with Gasteiger partial charge >= 0.3 is 5.97 Å². The van der Waals surface area contributed by atoms with Crippen molar-refractivity contribution in [1.29, 1.82) is 0 Å². The number of hydrogen-bond acceptors (Lipinski definition) is 5. The molecule has 0 amide bonds. The molecule has 2 N–H and O–H groups in total. The first-order chi connectivity index (χ1) is 11.8. The molecule has 1 rings (SSSR count). The van der Waals surface area contributed by atoms with Crippen LogP contribution in [0.5, 0.6) is 0 Å². The van der Waals surface area contributed by atoms with Gasteiger partial charge in [0.05, 0.1) is 29.6 Å². The second-order valence-electron chi connectivity index (χ2n) is 7.78. The molecular weight excluding hydrogens is 354 g/mol. The van der Waals surface area contributed by atoms with E-state index in [1.807, 2.05) is 6.92 Å². The second-order valence-corrected chi connectivity index (χ2v) is 9.43. The Bertz CT molecular complexity index is 745. The molecule has 0 heterocycles. The van der Waals surface area contributed by atoms with Crippen molar-refractivity contribution in [2.24, 2.45) is 11.3 Å². The highest BCUT2D eigenvalue weighted by Gasteiger charge is 2.44. The van der Waals surface area contributed by atoms with E-state index >= 15 is 0 Å². The predicted molar refractivity (Wildman–Crippen MR) is 101 cm³/mol. The number of ether oxygens (including phenoxy) is 1. The van der Waals surface area contributed by atoms with E-state index in [1.165, 1.54) is 21.0 Å². The minimum atomic E-state index is -3.88. The van der Waals surface area contributed by atoms with Crippen LogP contribution in [-0.4, -0.2) is 38.7 Å². The Balaban J connectivity index is 3.32. The molecule has 0 spiro atoms. The SMILES string of the molecule is COC(=O)C(C)(C)[C@H](O)[C@@H](NS(=O)(=O)c1c(C)cc(C)cc1C)C(C)C. The summed E-state index contributed by atoms with van der Waals surface area (Å²) in [6, 6.07) is 2.76. The molecule has 0 aliphatic heterocycles. The Labute approximate surface area is 157 Å². The monoisotopic (exact) mass is 385 g/mol. The zero-order chi connectivity index (χ0) is 20.4. The fourth-order valence-electron chi connectivity index (χ4n) is 3.23. The van der Waals surface area contributed by atoms with Gasteiger partial charge in [-0.25, -0.2) is 13.1 Å². The van der Waals surface area contributed by atoms with Crippen LogP contribution in [-0.2, 0) is 19.6 Å². The normalized spacial score (nSPS) is 15.0. The summed E-state index contributed by atoms with van der Waals surface area (Å²) in [5.74, 6) is -0.840. The highest BCUT2D eigenvalue weighted by molar-refractivity contribution is 7.89. The number of aliphatic hydroxyl groups excluding tert-OH is 1. The van der Waals surface area contributed by atoms with Crippen molar-refractivity contribution >= 4 is 16.0 Å². The average Bonchev–Trinajstić information content (AvgIpc) is 2.49. The van der Waals surface area contributed by atoms with Crippen LogP contribution in [0, 0.1) is 32.1 Å². The summed E-state index contributed by atoms with van der Waals surface area (Å²) in [4.78, 5) is 12.2. The van der Waals surface area contributed by atoms with Crippen molar-refractivity contribution < 1.29 is 23.1 Å². The molecule has 6 nitrogen and oxygen atoms in total. The van der Waals surface area contributed by atoms with Gasteiger partial charge in [0.1, 0.15) is 0 Å². The van der Waals surface area contributed by atoms with Gasteiger partial charge in [-0.15, -0.1) is 0 Å². The van der Waals surface area contributed by atoms with E-state index in [9.17, 15) is 18.3 Å². The highest BCUT2D eigenvalue weighted by Crippen LogP contribution is 2.29. The first-order valence-electron chi connectivity index (χ1n) is 8.62. The van der Waals surface area contributed by atoms with Gasteiger partial charge in [0, 0.05) is 0 Å². The summed E-state index contributed by atoms with van der Waals surface area (Å²) in [5, 5.41) is 10.8. The van der Waals surface area contributed by atoms with E-state index in [1.54, 1.807) is 39.8 Å². The molecule has 0 aromatic heterocycles. The van der Waals surface area contributed by atoms with Gasteiger partial charge in [-0.3, -0.25) is 4.79 Å². The first-order valence-corrected chi connectivity index (χ1v) is 10.1. The van der Waals surface area contributed by atoms with Gasteiger partial charge in [-0.05, 0) is 51.7 Å². The lowest BCUT2D eigenvalue weighted by Crippen LogP contribution is -2.54. The van der Waals surface area contributed by atoms with Crippen LogP contribution in [0.15, 0.2) is 17.0 Å². The van der Waals surface area contributed by atoms with Crippen molar-refractivity contribution in [1.82, 2.24) is 4.72 Å². The third kappa shape index (κ3) is 4.64. The molecule has 0 radical (unpaired) electrons. The van der Waals surface area contributed by atoms with E-state index in [-0.39, 0.29) is 10.8 Å². The molecule has 26 heavy (non-hydrogen) atoms. The summed E-state index contributed by atoms with van der Waals surface area (Å²) >= 11 is 0. The number of rotatable bonds is 7. The lowest BCUT2D eigenvalue weighted by molar-refractivity contribution is -0.158. The van der Waals surface area contributed by atoms with Crippen LogP contribution in [0.2, 0.25) is 0 Å². The summed E-state index contributed by atoms with van der Waals surface area (Å²) in [6.07, 6.45) is -1.25. The number of methoxy groups -OCH3 is 1. The van der Waals surface area contributed by atoms with Gasteiger partial charge in [0.15, 0.2) is 0 Å². The van der Waals surface area contributed by atoms with Crippen molar-refractivity contribution in [2.45, 2.75) is 65.5 Å². The largest absolute Gasteiger partial charge is 0.469 e. The maximum absolute atomic E-state index is 13.0. The van der Waals surface area contributed by atoms with Crippen LogP contribution in [0.25, 0.3) is 0 Å². The topological polar surface area (TPSA) is 92.7 Å². The van der Waals surface area contributed by atoms with E-state index < -0.39 is 33.6 Å². The number of aryl methyl sites for hydroxylation is 3. The van der Waals surface area contributed by atoms with Gasteiger partial charge < -0.3 is 9.84 Å².